The predicted molar refractivity (Wildman–Crippen MR) is 77.7 cm³/mol. The van der Waals surface area contributed by atoms with Crippen LogP contribution >= 0.6 is 0 Å². The molecule has 0 radical (unpaired) electrons. The van der Waals surface area contributed by atoms with Crippen molar-refractivity contribution in [2.24, 2.45) is 0 Å². The maximum absolute atomic E-state index is 13.5. The Kier molecular flexibility index (Phi) is 5.51. The van der Waals surface area contributed by atoms with E-state index in [1.54, 1.807) is 12.1 Å². The molecule has 1 aliphatic heterocycles. The smallest absolute Gasteiger partial charge is 0.124 e. The normalized spacial score (nSPS) is 19.0. The van der Waals surface area contributed by atoms with E-state index < -0.39 is 0 Å². The van der Waals surface area contributed by atoms with Crippen molar-refractivity contribution in [3.63, 3.8) is 0 Å². The monoisotopic (exact) mass is 275 g/mol. The SMILES string of the molecule is CCCN(Cc1cc(F)cc(C#N)c1)C1CCCNC1. The van der Waals surface area contributed by atoms with E-state index in [0.717, 1.165) is 31.6 Å². The van der Waals surface area contributed by atoms with Crippen LogP contribution < -0.4 is 5.32 Å². The lowest BCUT2D eigenvalue weighted by Crippen LogP contribution is -2.45. The van der Waals surface area contributed by atoms with Crippen LogP contribution in [0.5, 0.6) is 0 Å². The highest BCUT2D eigenvalue weighted by Gasteiger charge is 2.20. The lowest BCUT2D eigenvalue weighted by atomic mass is 10.0. The second-order valence-electron chi connectivity index (χ2n) is 5.43. The van der Waals surface area contributed by atoms with Gasteiger partial charge in [0.2, 0.25) is 0 Å². The van der Waals surface area contributed by atoms with E-state index in [1.807, 2.05) is 6.07 Å². The molecule has 1 aromatic carbocycles. The fourth-order valence-corrected chi connectivity index (χ4v) is 2.86. The fourth-order valence-electron chi connectivity index (χ4n) is 2.86. The van der Waals surface area contributed by atoms with E-state index in [2.05, 4.69) is 17.1 Å². The van der Waals surface area contributed by atoms with E-state index in [9.17, 15) is 4.39 Å². The summed E-state index contributed by atoms with van der Waals surface area (Å²) in [5.74, 6) is -0.322. The summed E-state index contributed by atoms with van der Waals surface area (Å²) in [6.07, 6.45) is 3.46. The molecule has 1 saturated heterocycles. The highest BCUT2D eigenvalue weighted by Crippen LogP contribution is 2.17. The zero-order valence-corrected chi connectivity index (χ0v) is 12.0. The molecule has 0 spiro atoms. The van der Waals surface area contributed by atoms with E-state index in [0.29, 0.717) is 18.2 Å². The van der Waals surface area contributed by atoms with Crippen LogP contribution in [0.15, 0.2) is 18.2 Å². The zero-order valence-electron chi connectivity index (χ0n) is 12.0. The van der Waals surface area contributed by atoms with Gasteiger partial charge >= 0.3 is 0 Å². The Bertz CT molecular complexity index is 475. The first-order chi connectivity index (χ1) is 9.72. The maximum atomic E-state index is 13.5. The van der Waals surface area contributed by atoms with Crippen molar-refractivity contribution in [2.45, 2.75) is 38.8 Å². The molecule has 0 aliphatic carbocycles. The number of hydrogen-bond donors (Lipinski definition) is 1. The average Bonchev–Trinajstić information content (AvgIpc) is 2.47. The zero-order chi connectivity index (χ0) is 14.4. The van der Waals surface area contributed by atoms with Gasteiger partial charge in [0.1, 0.15) is 5.82 Å². The lowest BCUT2D eigenvalue weighted by molar-refractivity contribution is 0.158. The average molecular weight is 275 g/mol. The maximum Gasteiger partial charge on any atom is 0.124 e. The van der Waals surface area contributed by atoms with Crippen molar-refractivity contribution in [2.75, 3.05) is 19.6 Å². The second-order valence-corrected chi connectivity index (χ2v) is 5.43. The molecule has 1 atom stereocenters. The highest BCUT2D eigenvalue weighted by atomic mass is 19.1. The topological polar surface area (TPSA) is 39.1 Å². The van der Waals surface area contributed by atoms with Crippen molar-refractivity contribution < 1.29 is 4.39 Å². The summed E-state index contributed by atoms with van der Waals surface area (Å²) in [6.45, 7) is 5.97. The van der Waals surface area contributed by atoms with Crippen LogP contribution in [0, 0.1) is 17.1 Å². The number of benzene rings is 1. The van der Waals surface area contributed by atoms with Crippen LogP contribution in [0.3, 0.4) is 0 Å². The summed E-state index contributed by atoms with van der Waals surface area (Å²) in [6, 6.07) is 7.16. The van der Waals surface area contributed by atoms with Crippen LogP contribution in [0.1, 0.15) is 37.3 Å². The molecule has 0 aromatic heterocycles. The number of hydrogen-bond acceptors (Lipinski definition) is 3. The Labute approximate surface area is 120 Å². The van der Waals surface area contributed by atoms with E-state index in [4.69, 9.17) is 5.26 Å². The van der Waals surface area contributed by atoms with Crippen molar-refractivity contribution >= 4 is 0 Å². The lowest BCUT2D eigenvalue weighted by Gasteiger charge is -2.34. The van der Waals surface area contributed by atoms with Crippen molar-refractivity contribution in [1.82, 2.24) is 10.2 Å². The molecule has 1 heterocycles. The van der Waals surface area contributed by atoms with Crippen LogP contribution in [0.4, 0.5) is 4.39 Å². The summed E-state index contributed by atoms with van der Waals surface area (Å²) in [5, 5.41) is 12.4. The molecule has 108 valence electrons. The van der Waals surface area contributed by atoms with Crippen molar-refractivity contribution in [1.29, 1.82) is 5.26 Å². The summed E-state index contributed by atoms with van der Waals surface area (Å²) in [4.78, 5) is 2.40. The van der Waals surface area contributed by atoms with Gasteiger partial charge in [-0.05, 0) is 56.1 Å². The van der Waals surface area contributed by atoms with E-state index in [-0.39, 0.29) is 5.82 Å². The summed E-state index contributed by atoms with van der Waals surface area (Å²) >= 11 is 0. The number of nitriles is 1. The summed E-state index contributed by atoms with van der Waals surface area (Å²) in [5.41, 5.74) is 1.29. The van der Waals surface area contributed by atoms with Gasteiger partial charge < -0.3 is 5.32 Å². The molecular formula is C16H22FN3. The molecule has 20 heavy (non-hydrogen) atoms. The predicted octanol–water partition coefficient (Wildman–Crippen LogP) is 2.66. The third kappa shape index (κ3) is 4.03. The van der Waals surface area contributed by atoms with Gasteiger partial charge in [0.05, 0.1) is 11.6 Å². The van der Waals surface area contributed by atoms with Crippen LogP contribution in [-0.2, 0) is 6.54 Å². The first-order valence-corrected chi connectivity index (χ1v) is 7.37. The number of nitrogens with zero attached hydrogens (tertiary/aromatic N) is 2. The Balaban J connectivity index is 2.10. The van der Waals surface area contributed by atoms with Crippen LogP contribution in [-0.4, -0.2) is 30.6 Å². The minimum Gasteiger partial charge on any atom is -0.315 e. The summed E-state index contributed by atoms with van der Waals surface area (Å²) < 4.78 is 13.5. The molecule has 0 bridgehead atoms. The molecule has 0 saturated carbocycles. The molecular weight excluding hydrogens is 253 g/mol. The quantitative estimate of drug-likeness (QED) is 0.898. The van der Waals surface area contributed by atoms with Crippen molar-refractivity contribution in [3.05, 3.63) is 35.1 Å². The molecule has 0 amide bonds. The Morgan fingerprint density at radius 1 is 1.45 bits per heavy atom. The van der Waals surface area contributed by atoms with Gasteiger partial charge in [-0.2, -0.15) is 5.26 Å². The van der Waals surface area contributed by atoms with Gasteiger partial charge in [-0.1, -0.05) is 6.92 Å². The van der Waals surface area contributed by atoms with Gasteiger partial charge in [0.25, 0.3) is 0 Å². The number of rotatable bonds is 5. The van der Waals surface area contributed by atoms with Gasteiger partial charge in [-0.15, -0.1) is 0 Å². The van der Waals surface area contributed by atoms with E-state index >= 15 is 0 Å². The molecule has 1 aromatic rings. The Morgan fingerprint density at radius 2 is 2.30 bits per heavy atom. The third-order valence-corrected chi connectivity index (χ3v) is 3.77. The largest absolute Gasteiger partial charge is 0.315 e. The minimum absolute atomic E-state index is 0.322. The van der Waals surface area contributed by atoms with Crippen LogP contribution in [0.25, 0.3) is 0 Å². The van der Waals surface area contributed by atoms with Gasteiger partial charge in [-0.3, -0.25) is 4.90 Å². The standard InChI is InChI=1S/C16H22FN3/c1-2-6-20(16-4-3-5-19-11-16)12-14-7-13(10-18)8-15(17)9-14/h7-9,16,19H,2-6,11-12H2,1H3. The van der Waals surface area contributed by atoms with Gasteiger partial charge in [0, 0.05) is 19.1 Å². The fraction of sp³-hybridized carbons (Fsp3) is 0.562. The second kappa shape index (κ2) is 7.37. The van der Waals surface area contributed by atoms with Crippen LogP contribution in [0.2, 0.25) is 0 Å². The molecule has 1 unspecified atom stereocenters. The minimum atomic E-state index is -0.322. The summed E-state index contributed by atoms with van der Waals surface area (Å²) in [7, 11) is 0. The van der Waals surface area contributed by atoms with E-state index in [1.165, 1.54) is 18.9 Å². The third-order valence-electron chi connectivity index (χ3n) is 3.77. The number of nitrogens with one attached hydrogen (secondary N) is 1. The molecule has 1 aliphatic rings. The highest BCUT2D eigenvalue weighted by molar-refractivity contribution is 5.33. The molecule has 1 N–H and O–H groups in total. The molecule has 1 fully saturated rings. The molecule has 4 heteroatoms. The van der Waals surface area contributed by atoms with Crippen molar-refractivity contribution in [3.8, 4) is 6.07 Å². The van der Waals surface area contributed by atoms with Gasteiger partial charge in [0.15, 0.2) is 0 Å². The molecule has 3 nitrogen and oxygen atoms in total. The first kappa shape index (κ1) is 15.0. The Morgan fingerprint density at radius 3 is 2.95 bits per heavy atom. The van der Waals surface area contributed by atoms with Gasteiger partial charge in [-0.25, -0.2) is 4.39 Å². The number of halogens is 1. The first-order valence-electron chi connectivity index (χ1n) is 7.37. The molecule has 2 rings (SSSR count). The number of piperidine rings is 1. The Hall–Kier alpha value is -1.44.